The Morgan fingerprint density at radius 3 is 2.63 bits per heavy atom. The normalized spacial score (nSPS) is 25.0. The highest BCUT2D eigenvalue weighted by molar-refractivity contribution is 5.93. The van der Waals surface area contributed by atoms with Crippen LogP contribution in [0.1, 0.15) is 49.1 Å². The average Bonchev–Trinajstić information content (AvgIpc) is 3.19. The smallest absolute Gasteiger partial charge is 0.227 e. The molecule has 5 rings (SSSR count). The van der Waals surface area contributed by atoms with Gasteiger partial charge in [0.15, 0.2) is 0 Å². The van der Waals surface area contributed by atoms with Crippen molar-refractivity contribution in [2.75, 3.05) is 19.0 Å². The van der Waals surface area contributed by atoms with Gasteiger partial charge in [-0.2, -0.15) is 0 Å². The minimum atomic E-state index is -0.520. The summed E-state index contributed by atoms with van der Waals surface area (Å²) in [6, 6.07) is 13.2. The molecule has 1 aliphatic carbocycles. The second-order valence-corrected chi connectivity index (χ2v) is 9.60. The molecule has 2 aliphatic heterocycles. The van der Waals surface area contributed by atoms with Crippen molar-refractivity contribution in [1.82, 2.24) is 5.32 Å². The molecule has 2 heterocycles. The van der Waals surface area contributed by atoms with Gasteiger partial charge in [0.2, 0.25) is 11.8 Å². The molecule has 0 aromatic heterocycles. The first kappa shape index (κ1) is 23.6. The molecule has 3 N–H and O–H groups in total. The summed E-state index contributed by atoms with van der Waals surface area (Å²) in [7, 11) is 1.62. The zero-order chi connectivity index (χ0) is 24.4. The maximum Gasteiger partial charge on any atom is 0.227 e. The molecule has 4 atom stereocenters. The van der Waals surface area contributed by atoms with Crippen molar-refractivity contribution in [2.24, 2.45) is 5.92 Å². The number of nitrogens with one attached hydrogen (secondary N) is 2. The maximum absolute atomic E-state index is 12.7. The Kier molecular flexibility index (Phi) is 6.92. The Morgan fingerprint density at radius 1 is 1.14 bits per heavy atom. The largest absolute Gasteiger partial charge is 0.497 e. The lowest BCUT2D eigenvalue weighted by atomic mass is 9.83. The Balaban J connectivity index is 1.22. The van der Waals surface area contributed by atoms with Crippen LogP contribution in [0.15, 0.2) is 42.5 Å². The van der Waals surface area contributed by atoms with Crippen molar-refractivity contribution in [3.8, 4) is 11.5 Å². The number of carbonyl (C=O) groups is 2. The number of ether oxygens (including phenoxy) is 3. The van der Waals surface area contributed by atoms with Crippen LogP contribution in [-0.2, 0) is 20.9 Å². The lowest BCUT2D eigenvalue weighted by Gasteiger charge is -2.37. The molecule has 8 heteroatoms. The number of aliphatic hydroxyl groups excluding tert-OH is 1. The van der Waals surface area contributed by atoms with Crippen LogP contribution in [0, 0.1) is 5.92 Å². The van der Waals surface area contributed by atoms with E-state index in [1.165, 1.54) is 0 Å². The quantitative estimate of drug-likeness (QED) is 0.536. The summed E-state index contributed by atoms with van der Waals surface area (Å²) in [6.45, 7) is 0.228. The molecular formula is C27H32N2O6. The number of fused-ring (bicyclic) bond motifs is 3. The molecular weight excluding hydrogens is 448 g/mol. The summed E-state index contributed by atoms with van der Waals surface area (Å²) in [4.78, 5) is 25.1. The second kappa shape index (κ2) is 10.3. The molecule has 2 aromatic rings. The molecule has 2 aromatic carbocycles. The number of aliphatic hydroxyl groups is 1. The highest BCUT2D eigenvalue weighted by atomic mass is 16.6. The molecule has 1 saturated heterocycles. The van der Waals surface area contributed by atoms with Gasteiger partial charge in [0, 0.05) is 29.6 Å². The number of benzene rings is 2. The van der Waals surface area contributed by atoms with Crippen LogP contribution < -0.4 is 20.1 Å². The van der Waals surface area contributed by atoms with E-state index >= 15 is 0 Å². The van der Waals surface area contributed by atoms with E-state index in [-0.39, 0.29) is 48.9 Å². The SMILES string of the molecule is COc1ccc(CNC(=O)C[C@@H]2C[C@H]3c4cc(NC(=O)C5CCC5)ccc4O[C@H]3[C@H](CO)O2)cc1. The van der Waals surface area contributed by atoms with Crippen LogP contribution in [0.25, 0.3) is 0 Å². The van der Waals surface area contributed by atoms with E-state index in [9.17, 15) is 14.7 Å². The summed E-state index contributed by atoms with van der Waals surface area (Å²) in [5.74, 6) is 1.56. The van der Waals surface area contributed by atoms with Gasteiger partial charge >= 0.3 is 0 Å². The van der Waals surface area contributed by atoms with E-state index in [0.717, 1.165) is 47.6 Å². The fourth-order valence-corrected chi connectivity index (χ4v) is 5.10. The van der Waals surface area contributed by atoms with Crippen LogP contribution >= 0.6 is 0 Å². The lowest BCUT2D eigenvalue weighted by Crippen LogP contribution is -2.47. The molecule has 0 radical (unpaired) electrons. The zero-order valence-corrected chi connectivity index (χ0v) is 19.9. The minimum Gasteiger partial charge on any atom is -0.497 e. The first-order valence-electron chi connectivity index (χ1n) is 12.3. The first-order valence-corrected chi connectivity index (χ1v) is 12.3. The number of anilines is 1. The fourth-order valence-electron chi connectivity index (χ4n) is 5.10. The third-order valence-electron chi connectivity index (χ3n) is 7.30. The molecule has 2 fully saturated rings. The molecule has 0 unspecified atom stereocenters. The summed E-state index contributed by atoms with van der Waals surface area (Å²) in [5, 5.41) is 15.9. The molecule has 3 aliphatic rings. The van der Waals surface area contributed by atoms with Gasteiger partial charge in [-0.15, -0.1) is 0 Å². The van der Waals surface area contributed by atoms with Crippen molar-refractivity contribution in [1.29, 1.82) is 0 Å². The maximum atomic E-state index is 12.7. The third kappa shape index (κ3) is 5.13. The molecule has 8 nitrogen and oxygen atoms in total. The number of rotatable bonds is 8. The first-order chi connectivity index (χ1) is 17.0. The van der Waals surface area contributed by atoms with E-state index in [0.29, 0.717) is 13.0 Å². The lowest BCUT2D eigenvalue weighted by molar-refractivity contribution is -0.142. The van der Waals surface area contributed by atoms with Crippen LogP contribution in [-0.4, -0.2) is 48.9 Å². The molecule has 186 valence electrons. The Labute approximate surface area is 205 Å². The van der Waals surface area contributed by atoms with Gasteiger partial charge in [-0.1, -0.05) is 18.6 Å². The average molecular weight is 481 g/mol. The number of hydrogen-bond acceptors (Lipinski definition) is 6. The van der Waals surface area contributed by atoms with Gasteiger partial charge in [-0.25, -0.2) is 0 Å². The van der Waals surface area contributed by atoms with Gasteiger partial charge in [-0.3, -0.25) is 9.59 Å². The number of carbonyl (C=O) groups excluding carboxylic acids is 2. The Hall–Kier alpha value is -3.10. The van der Waals surface area contributed by atoms with Gasteiger partial charge in [-0.05, 0) is 55.2 Å². The molecule has 0 spiro atoms. The van der Waals surface area contributed by atoms with E-state index in [1.807, 2.05) is 42.5 Å². The molecule has 35 heavy (non-hydrogen) atoms. The minimum absolute atomic E-state index is 0.0177. The monoisotopic (exact) mass is 480 g/mol. The van der Waals surface area contributed by atoms with E-state index < -0.39 is 6.10 Å². The van der Waals surface area contributed by atoms with Crippen molar-refractivity contribution in [3.05, 3.63) is 53.6 Å². The fraction of sp³-hybridized carbons (Fsp3) is 0.481. The molecule has 1 saturated carbocycles. The van der Waals surface area contributed by atoms with Crippen molar-refractivity contribution in [2.45, 2.75) is 62.9 Å². The van der Waals surface area contributed by atoms with Gasteiger partial charge in [0.05, 0.1) is 26.2 Å². The number of hydrogen-bond donors (Lipinski definition) is 3. The standard InChI is InChI=1S/C27H32N2O6/c1-33-19-8-5-16(6-9-19)14-28-25(31)13-20-12-22-21-11-18(29-27(32)17-3-2-4-17)7-10-23(21)35-26(22)24(15-30)34-20/h5-11,17,20,22,24,26,30H,2-4,12-15H2,1H3,(H,28,31)(H,29,32)/t20-,22-,24-,26+/m0/s1. The second-order valence-electron chi connectivity index (χ2n) is 9.60. The highest BCUT2D eigenvalue weighted by Crippen LogP contribution is 2.47. The summed E-state index contributed by atoms with van der Waals surface area (Å²) in [6.07, 6.45) is 2.63. The Bertz CT molecular complexity index is 1070. The highest BCUT2D eigenvalue weighted by Gasteiger charge is 2.46. The topological polar surface area (TPSA) is 106 Å². The summed E-state index contributed by atoms with van der Waals surface area (Å²) < 4.78 is 17.3. The predicted octanol–water partition coefficient (Wildman–Crippen LogP) is 3.13. The Morgan fingerprint density at radius 2 is 1.94 bits per heavy atom. The zero-order valence-electron chi connectivity index (χ0n) is 19.9. The van der Waals surface area contributed by atoms with Crippen LogP contribution in [0.5, 0.6) is 11.5 Å². The van der Waals surface area contributed by atoms with Crippen LogP contribution in [0.4, 0.5) is 5.69 Å². The van der Waals surface area contributed by atoms with Crippen molar-refractivity contribution < 1.29 is 28.9 Å². The predicted molar refractivity (Wildman–Crippen MR) is 129 cm³/mol. The third-order valence-corrected chi connectivity index (χ3v) is 7.30. The van der Waals surface area contributed by atoms with E-state index in [4.69, 9.17) is 14.2 Å². The van der Waals surface area contributed by atoms with Gasteiger partial charge < -0.3 is 30.0 Å². The van der Waals surface area contributed by atoms with E-state index in [1.54, 1.807) is 7.11 Å². The van der Waals surface area contributed by atoms with Crippen LogP contribution in [0.2, 0.25) is 0 Å². The van der Waals surface area contributed by atoms with Gasteiger partial charge in [0.25, 0.3) is 0 Å². The molecule has 0 bridgehead atoms. The summed E-state index contributed by atoms with van der Waals surface area (Å²) >= 11 is 0. The van der Waals surface area contributed by atoms with Crippen molar-refractivity contribution in [3.63, 3.8) is 0 Å². The molecule has 2 amide bonds. The van der Waals surface area contributed by atoms with Crippen molar-refractivity contribution >= 4 is 17.5 Å². The summed E-state index contributed by atoms with van der Waals surface area (Å²) in [5.41, 5.74) is 2.73. The van der Waals surface area contributed by atoms with Crippen LogP contribution in [0.3, 0.4) is 0 Å². The van der Waals surface area contributed by atoms with E-state index in [2.05, 4.69) is 10.6 Å². The number of amides is 2. The number of methoxy groups -OCH3 is 1. The van der Waals surface area contributed by atoms with Gasteiger partial charge in [0.1, 0.15) is 23.7 Å².